The molecule has 4 aromatic rings. The Kier molecular flexibility index (Phi) is 5.72. The fraction of sp³-hybridized carbons (Fsp3) is 0.0952. The molecule has 4 rings (SSSR count). The highest BCUT2D eigenvalue weighted by Crippen LogP contribution is 2.22. The van der Waals surface area contributed by atoms with Crippen molar-refractivity contribution in [2.24, 2.45) is 0 Å². The van der Waals surface area contributed by atoms with Crippen LogP contribution in [0.1, 0.15) is 6.92 Å². The van der Waals surface area contributed by atoms with Crippen LogP contribution in [0.5, 0.6) is 0 Å². The third kappa shape index (κ3) is 4.33. The van der Waals surface area contributed by atoms with Crippen LogP contribution in [0.2, 0.25) is 0 Å². The lowest BCUT2D eigenvalue weighted by Crippen LogP contribution is -1.95. The molecule has 0 bridgehead atoms. The second kappa shape index (κ2) is 8.58. The van der Waals surface area contributed by atoms with Gasteiger partial charge in [0, 0.05) is 5.69 Å². The summed E-state index contributed by atoms with van der Waals surface area (Å²) in [6, 6.07) is 22.4. The molecule has 0 amide bonds. The molecular formula is C21H19N3O2. The molecule has 0 aliphatic carbocycles. The molecule has 5 nitrogen and oxygen atoms in total. The molecule has 0 fully saturated rings. The van der Waals surface area contributed by atoms with Crippen molar-refractivity contribution in [3.8, 4) is 0 Å². The van der Waals surface area contributed by atoms with E-state index in [2.05, 4.69) is 50.4 Å². The fourth-order valence-corrected chi connectivity index (χ4v) is 2.50. The molecule has 0 aliphatic rings. The number of hydrogen-bond donors (Lipinski definition) is 1. The summed E-state index contributed by atoms with van der Waals surface area (Å²) in [6.07, 6.45) is 1.76. The minimum Gasteiger partial charge on any atom is -0.468 e. The lowest BCUT2D eigenvalue weighted by atomic mass is 10.1. The summed E-state index contributed by atoms with van der Waals surface area (Å²) < 4.78 is 4.15. The number of hydrogen-bond acceptors (Lipinski definition) is 5. The molecule has 0 spiro atoms. The normalized spacial score (nSPS) is 10.0. The number of ether oxygens (including phenoxy) is 1. The number of carbonyl (C=O) groups is 1. The lowest BCUT2D eigenvalue weighted by molar-refractivity contribution is -0.128. The van der Waals surface area contributed by atoms with Crippen LogP contribution in [-0.4, -0.2) is 23.0 Å². The summed E-state index contributed by atoms with van der Waals surface area (Å²) in [6.45, 7) is 2.66. The monoisotopic (exact) mass is 345 g/mol. The number of para-hydroxylation sites is 2. The van der Waals surface area contributed by atoms with Crippen LogP contribution in [0.4, 0.5) is 11.5 Å². The van der Waals surface area contributed by atoms with Crippen molar-refractivity contribution in [1.29, 1.82) is 0 Å². The van der Waals surface area contributed by atoms with Crippen LogP contribution >= 0.6 is 0 Å². The maximum absolute atomic E-state index is 9.18. The molecule has 1 N–H and O–H groups in total. The van der Waals surface area contributed by atoms with Gasteiger partial charge >= 0.3 is 0 Å². The number of aromatic nitrogens is 2. The van der Waals surface area contributed by atoms with Crippen LogP contribution in [0.15, 0.2) is 72.9 Å². The summed E-state index contributed by atoms with van der Waals surface area (Å²) in [5, 5.41) is 5.75. The van der Waals surface area contributed by atoms with Gasteiger partial charge in [-0.1, -0.05) is 42.5 Å². The molecule has 3 aromatic carbocycles. The SMILES string of the molecule is CCOC=O.c1ccc2cc(Nc3cnc4ccccc4n3)ccc2c1. The molecule has 0 radical (unpaired) electrons. The summed E-state index contributed by atoms with van der Waals surface area (Å²) >= 11 is 0. The standard InChI is InChI=1S/C18H13N3.C3H6O2/c1-2-6-14-11-15(10-9-13(14)5-1)20-18-12-19-16-7-3-4-8-17(16)21-18;1-2-5-3-4/h1-12H,(H,20,21);3H,2H2,1H3. The molecule has 1 aromatic heterocycles. The van der Waals surface area contributed by atoms with Gasteiger partial charge in [0.1, 0.15) is 5.82 Å². The van der Waals surface area contributed by atoms with Crippen molar-refractivity contribution >= 4 is 39.8 Å². The van der Waals surface area contributed by atoms with Crippen molar-refractivity contribution in [3.05, 3.63) is 72.9 Å². The Balaban J connectivity index is 0.000000349. The summed E-state index contributed by atoms with van der Waals surface area (Å²) in [7, 11) is 0. The van der Waals surface area contributed by atoms with E-state index in [1.165, 1.54) is 10.8 Å². The van der Waals surface area contributed by atoms with Crippen molar-refractivity contribution < 1.29 is 9.53 Å². The Labute approximate surface area is 151 Å². The molecule has 26 heavy (non-hydrogen) atoms. The summed E-state index contributed by atoms with van der Waals surface area (Å²) in [4.78, 5) is 18.2. The maximum Gasteiger partial charge on any atom is 0.293 e. The number of carbonyl (C=O) groups excluding carboxylic acids is 1. The van der Waals surface area contributed by atoms with Gasteiger partial charge in [-0.15, -0.1) is 0 Å². The summed E-state index contributed by atoms with van der Waals surface area (Å²) in [5.41, 5.74) is 2.81. The van der Waals surface area contributed by atoms with Gasteiger partial charge in [0.05, 0.1) is 23.8 Å². The molecule has 0 atom stereocenters. The van der Waals surface area contributed by atoms with E-state index in [4.69, 9.17) is 0 Å². The fourth-order valence-electron chi connectivity index (χ4n) is 2.50. The van der Waals surface area contributed by atoms with Gasteiger partial charge in [-0.05, 0) is 42.0 Å². The number of fused-ring (bicyclic) bond motifs is 2. The van der Waals surface area contributed by atoms with Gasteiger partial charge < -0.3 is 10.1 Å². The van der Waals surface area contributed by atoms with Crippen LogP contribution in [-0.2, 0) is 9.53 Å². The van der Waals surface area contributed by atoms with Gasteiger partial charge in [0.15, 0.2) is 0 Å². The number of nitrogens with zero attached hydrogens (tertiary/aromatic N) is 2. The highest BCUT2D eigenvalue weighted by atomic mass is 16.5. The van der Waals surface area contributed by atoms with E-state index < -0.39 is 0 Å². The predicted molar refractivity (Wildman–Crippen MR) is 104 cm³/mol. The third-order valence-electron chi connectivity index (χ3n) is 3.71. The maximum atomic E-state index is 9.18. The molecule has 0 unspecified atom stereocenters. The topological polar surface area (TPSA) is 64.1 Å². The second-order valence-corrected chi connectivity index (χ2v) is 5.48. The average molecular weight is 345 g/mol. The first-order valence-electron chi connectivity index (χ1n) is 8.33. The largest absolute Gasteiger partial charge is 0.468 e. The van der Waals surface area contributed by atoms with E-state index in [0.717, 1.165) is 22.5 Å². The van der Waals surface area contributed by atoms with Gasteiger partial charge in [-0.2, -0.15) is 0 Å². The third-order valence-corrected chi connectivity index (χ3v) is 3.71. The van der Waals surface area contributed by atoms with Gasteiger partial charge in [0.2, 0.25) is 0 Å². The van der Waals surface area contributed by atoms with Crippen LogP contribution in [0.3, 0.4) is 0 Å². The zero-order chi connectivity index (χ0) is 18.2. The molecular weight excluding hydrogens is 326 g/mol. The van der Waals surface area contributed by atoms with E-state index >= 15 is 0 Å². The Hall–Kier alpha value is -3.47. The van der Waals surface area contributed by atoms with Crippen LogP contribution < -0.4 is 5.32 Å². The number of rotatable bonds is 4. The lowest BCUT2D eigenvalue weighted by Gasteiger charge is -2.07. The highest BCUT2D eigenvalue weighted by molar-refractivity contribution is 5.86. The van der Waals surface area contributed by atoms with E-state index in [1.807, 2.05) is 36.4 Å². The smallest absolute Gasteiger partial charge is 0.293 e. The second-order valence-electron chi connectivity index (χ2n) is 5.48. The summed E-state index contributed by atoms with van der Waals surface area (Å²) in [5.74, 6) is 0.754. The van der Waals surface area contributed by atoms with E-state index in [9.17, 15) is 4.79 Å². The average Bonchev–Trinajstić information content (AvgIpc) is 2.69. The Bertz CT molecular complexity index is 941. The minimum atomic E-state index is 0.431. The van der Waals surface area contributed by atoms with Crippen molar-refractivity contribution in [2.75, 3.05) is 11.9 Å². The first-order chi connectivity index (χ1) is 12.8. The zero-order valence-electron chi connectivity index (χ0n) is 14.4. The highest BCUT2D eigenvalue weighted by Gasteiger charge is 2.01. The van der Waals surface area contributed by atoms with Crippen LogP contribution in [0, 0.1) is 0 Å². The Morgan fingerprint density at radius 1 is 0.962 bits per heavy atom. The quantitative estimate of drug-likeness (QED) is 0.543. The number of benzene rings is 3. The first kappa shape index (κ1) is 17.4. The van der Waals surface area contributed by atoms with Crippen LogP contribution in [0.25, 0.3) is 21.8 Å². The minimum absolute atomic E-state index is 0.431. The van der Waals surface area contributed by atoms with Crippen molar-refractivity contribution in [1.82, 2.24) is 9.97 Å². The number of nitrogens with one attached hydrogen (secondary N) is 1. The molecule has 130 valence electrons. The van der Waals surface area contributed by atoms with E-state index in [1.54, 1.807) is 13.1 Å². The number of anilines is 2. The van der Waals surface area contributed by atoms with Gasteiger partial charge in [-0.3, -0.25) is 9.78 Å². The Morgan fingerprint density at radius 2 is 1.69 bits per heavy atom. The molecule has 0 saturated carbocycles. The predicted octanol–water partition coefficient (Wildman–Crippen LogP) is 4.71. The zero-order valence-corrected chi connectivity index (χ0v) is 14.4. The van der Waals surface area contributed by atoms with E-state index in [-0.39, 0.29) is 0 Å². The van der Waals surface area contributed by atoms with Gasteiger partial charge in [0.25, 0.3) is 6.47 Å². The first-order valence-corrected chi connectivity index (χ1v) is 8.33. The molecule has 5 heteroatoms. The van der Waals surface area contributed by atoms with Crippen molar-refractivity contribution in [3.63, 3.8) is 0 Å². The molecule has 0 saturated heterocycles. The van der Waals surface area contributed by atoms with E-state index in [0.29, 0.717) is 13.1 Å². The molecule has 1 heterocycles. The van der Waals surface area contributed by atoms with Crippen molar-refractivity contribution in [2.45, 2.75) is 6.92 Å². The Morgan fingerprint density at radius 3 is 2.42 bits per heavy atom. The molecule has 0 aliphatic heterocycles. The van der Waals surface area contributed by atoms with Gasteiger partial charge in [-0.25, -0.2) is 4.98 Å².